The largest absolute Gasteiger partial charge is 0.598 e. The van der Waals surface area contributed by atoms with Crippen LogP contribution in [0.25, 0.3) is 21.5 Å². The zero-order valence-electron chi connectivity index (χ0n) is 17.7. The molecule has 3 unspecified atom stereocenters. The number of hydrogen-bond acceptors (Lipinski definition) is 2. The second kappa shape index (κ2) is 8.13. The van der Waals surface area contributed by atoms with E-state index in [0.717, 1.165) is 21.5 Å². The quantitative estimate of drug-likeness (QED) is 0.271. The van der Waals surface area contributed by atoms with Crippen LogP contribution < -0.4 is 0 Å². The summed E-state index contributed by atoms with van der Waals surface area (Å²) in [7, 11) is -1.97. The first-order valence-electron chi connectivity index (χ1n) is 10.7. The number of fused-ring (bicyclic) bond motifs is 3. The molecule has 152 valence electrons. The van der Waals surface area contributed by atoms with Crippen LogP contribution in [0.4, 0.5) is 0 Å². The van der Waals surface area contributed by atoms with Gasteiger partial charge < -0.3 is 0 Å². The van der Waals surface area contributed by atoms with E-state index >= 15 is 0 Å². The molecule has 5 aromatic rings. The van der Waals surface area contributed by atoms with Gasteiger partial charge in [0.25, 0.3) is 0 Å². The number of para-hydroxylation sites is 1. The highest BCUT2D eigenvalue weighted by atomic mass is 31.1. The van der Waals surface area contributed by atoms with Crippen molar-refractivity contribution < 1.29 is 8.76 Å². The predicted octanol–water partition coefficient (Wildman–Crippen LogP) is 8.63. The van der Waals surface area contributed by atoms with Crippen molar-refractivity contribution in [3.63, 3.8) is 0 Å². The summed E-state index contributed by atoms with van der Waals surface area (Å²) >= 11 is 0. The maximum atomic E-state index is 13.3. The molecule has 0 aliphatic heterocycles. The van der Waals surface area contributed by atoms with Gasteiger partial charge in [-0.3, -0.25) is 0 Å². The molecule has 3 atom stereocenters. The van der Waals surface area contributed by atoms with Crippen molar-refractivity contribution in [1.29, 1.82) is 0 Å². The van der Waals surface area contributed by atoms with Crippen LogP contribution in [0.3, 0.4) is 0 Å². The monoisotopic (exact) mass is 423 g/mol. The molecule has 0 radical (unpaired) electrons. The molecule has 5 rings (SSSR count). The number of benzene rings is 4. The lowest BCUT2D eigenvalue weighted by Crippen LogP contribution is -2.02. The molecule has 4 aromatic carbocycles. The fourth-order valence-electron chi connectivity index (χ4n) is 4.43. The molecule has 31 heavy (non-hydrogen) atoms. The van der Waals surface area contributed by atoms with E-state index in [0.29, 0.717) is 5.58 Å². The number of rotatable bonds is 4. The maximum absolute atomic E-state index is 13.3. The van der Waals surface area contributed by atoms with Crippen LogP contribution in [-0.4, -0.2) is 0 Å². The molecule has 0 bridgehead atoms. The van der Waals surface area contributed by atoms with Crippen molar-refractivity contribution in [2.75, 3.05) is 0 Å². The first-order chi connectivity index (χ1) is 15.1. The Kier molecular flexibility index (Phi) is 5.18. The molecule has 0 aliphatic carbocycles. The third-order valence-corrected chi connectivity index (χ3v) is 7.50. The van der Waals surface area contributed by atoms with Gasteiger partial charge in [-0.1, -0.05) is 92.7 Å². The molecule has 2 nitrogen and oxygen atoms in total. The van der Waals surface area contributed by atoms with Gasteiger partial charge in [-0.15, -0.1) is 0 Å². The van der Waals surface area contributed by atoms with Gasteiger partial charge in [-0.2, -0.15) is 0 Å². The Bertz CT molecular complexity index is 1420. The molecule has 0 fully saturated rings. The first-order valence-corrected chi connectivity index (χ1v) is 11.8. The van der Waals surface area contributed by atoms with E-state index in [4.69, 9.17) is 4.20 Å². The highest BCUT2D eigenvalue weighted by Crippen LogP contribution is 2.43. The second-order valence-corrected chi connectivity index (χ2v) is 9.26. The van der Waals surface area contributed by atoms with Gasteiger partial charge in [-0.25, -0.2) is 4.20 Å². The minimum absolute atomic E-state index is 0.102. The first kappa shape index (κ1) is 19.7. The van der Waals surface area contributed by atoms with Gasteiger partial charge in [0.1, 0.15) is 0 Å². The molecular formula is C28H24O2P+. The Morgan fingerprint density at radius 2 is 1.23 bits per heavy atom. The number of hydrogen-bond donors (Lipinski definition) is 0. The van der Waals surface area contributed by atoms with Gasteiger partial charge in [0.05, 0.1) is 0 Å². The summed E-state index contributed by atoms with van der Waals surface area (Å²) in [6, 6.07) is 33.3. The summed E-state index contributed by atoms with van der Waals surface area (Å²) in [5, 5.41) is 2.87. The lowest BCUT2D eigenvalue weighted by Gasteiger charge is -2.18. The Morgan fingerprint density at radius 1 is 0.645 bits per heavy atom. The summed E-state index contributed by atoms with van der Waals surface area (Å²) in [5.41, 5.74) is 5.47. The average Bonchev–Trinajstić information content (AvgIpc) is 2.83. The highest BCUT2D eigenvalue weighted by Gasteiger charge is 2.26. The lowest BCUT2D eigenvalue weighted by molar-refractivity contribution is 0.563. The molecule has 0 saturated heterocycles. The van der Waals surface area contributed by atoms with Crippen molar-refractivity contribution in [3.8, 4) is 0 Å². The molecule has 0 amide bonds. The van der Waals surface area contributed by atoms with Crippen LogP contribution in [0.1, 0.15) is 47.9 Å². The maximum Gasteiger partial charge on any atom is 0.598 e. The van der Waals surface area contributed by atoms with Crippen molar-refractivity contribution in [3.05, 3.63) is 119 Å². The molecule has 0 N–H and O–H groups in total. The Morgan fingerprint density at radius 3 is 1.90 bits per heavy atom. The van der Waals surface area contributed by atoms with E-state index in [2.05, 4.69) is 80.6 Å². The molecule has 3 heteroatoms. The highest BCUT2D eigenvalue weighted by molar-refractivity contribution is 7.37. The van der Waals surface area contributed by atoms with Crippen molar-refractivity contribution in [2.24, 2.45) is 0 Å². The molecule has 0 spiro atoms. The van der Waals surface area contributed by atoms with E-state index in [1.807, 2.05) is 30.3 Å². The fourth-order valence-corrected chi connectivity index (χ4v) is 5.71. The minimum Gasteiger partial charge on any atom is -0.250 e. The van der Waals surface area contributed by atoms with Crippen LogP contribution in [-0.2, 0) is 4.57 Å². The molecular weight excluding hydrogens is 399 g/mol. The van der Waals surface area contributed by atoms with E-state index in [9.17, 15) is 4.57 Å². The summed E-state index contributed by atoms with van der Waals surface area (Å²) < 4.78 is 19.2. The van der Waals surface area contributed by atoms with Crippen LogP contribution in [0, 0.1) is 0 Å². The standard InChI is InChI=1S/C28H24O2P/c1-19(21-11-5-3-6-12-21)23-17-25(20(2)22-13-7-4-8-14-22)28-26(18-23)24-15-9-10-16-27(24)30-31(28)29/h3-20H,1-2H3/q+1. The normalized spacial score (nSPS) is 13.9. The van der Waals surface area contributed by atoms with Gasteiger partial charge in [0.2, 0.25) is 5.12 Å². The lowest BCUT2D eigenvalue weighted by atomic mass is 9.86. The van der Waals surface area contributed by atoms with Gasteiger partial charge in [0, 0.05) is 28.2 Å². The summed E-state index contributed by atoms with van der Waals surface area (Å²) in [5.74, 6) is 0.326. The Labute approximate surface area is 183 Å². The summed E-state index contributed by atoms with van der Waals surface area (Å²) in [6.45, 7) is 4.42. The van der Waals surface area contributed by atoms with Crippen molar-refractivity contribution >= 4 is 29.1 Å². The molecule has 0 saturated carbocycles. The third-order valence-electron chi connectivity index (χ3n) is 6.27. The van der Waals surface area contributed by atoms with Gasteiger partial charge in [-0.05, 0) is 39.5 Å². The van der Waals surface area contributed by atoms with E-state index in [-0.39, 0.29) is 11.8 Å². The zero-order valence-corrected chi connectivity index (χ0v) is 18.6. The smallest absolute Gasteiger partial charge is 0.250 e. The Hall–Kier alpha value is -3.22. The second-order valence-electron chi connectivity index (χ2n) is 8.12. The molecule has 0 aliphatic rings. The van der Waals surface area contributed by atoms with Gasteiger partial charge in [0.15, 0.2) is 5.58 Å². The topological polar surface area (TPSA) is 30.2 Å². The van der Waals surface area contributed by atoms with Crippen LogP contribution in [0.15, 0.2) is 101 Å². The SMILES string of the molecule is CC(c1ccccc1)c1cc(C(C)c2ccccc2)c2c(c1)c1ccccc1o[p+]2=O. The minimum atomic E-state index is -1.97. The van der Waals surface area contributed by atoms with Gasteiger partial charge >= 0.3 is 7.65 Å². The third kappa shape index (κ3) is 3.58. The van der Waals surface area contributed by atoms with E-state index in [1.54, 1.807) is 0 Å². The van der Waals surface area contributed by atoms with Crippen LogP contribution in [0.2, 0.25) is 0 Å². The predicted molar refractivity (Wildman–Crippen MR) is 129 cm³/mol. The van der Waals surface area contributed by atoms with E-state index < -0.39 is 7.65 Å². The van der Waals surface area contributed by atoms with Crippen LogP contribution >= 0.6 is 7.65 Å². The summed E-state index contributed by atoms with van der Waals surface area (Å²) in [4.78, 5) is 0. The Balaban J connectivity index is 1.83. The van der Waals surface area contributed by atoms with Crippen LogP contribution in [0.5, 0.6) is 0 Å². The summed E-state index contributed by atoms with van der Waals surface area (Å²) in [6.07, 6.45) is 0. The molecule has 1 aromatic heterocycles. The van der Waals surface area contributed by atoms with E-state index in [1.165, 1.54) is 16.7 Å². The molecule has 1 heterocycles. The zero-order chi connectivity index (χ0) is 21.4. The fraction of sp³-hybridized carbons (Fsp3) is 0.143. The van der Waals surface area contributed by atoms with Crippen molar-refractivity contribution in [2.45, 2.75) is 25.7 Å². The van der Waals surface area contributed by atoms with Crippen molar-refractivity contribution in [1.82, 2.24) is 0 Å². The average molecular weight is 423 g/mol.